The van der Waals surface area contributed by atoms with Crippen molar-refractivity contribution in [3.05, 3.63) is 28.2 Å². The number of hydrogen-bond acceptors (Lipinski definition) is 4. The third-order valence-electron chi connectivity index (χ3n) is 3.42. The molecule has 2 atom stereocenters. The second-order valence-electron chi connectivity index (χ2n) is 6.75. The third kappa shape index (κ3) is 7.40. The molecular weight excluding hydrogens is 365 g/mol. The first kappa shape index (κ1) is 21.4. The van der Waals surface area contributed by atoms with E-state index in [0.29, 0.717) is 22.2 Å². The molecule has 0 saturated carbocycles. The average Bonchev–Trinajstić information content (AvgIpc) is 2.50. The summed E-state index contributed by atoms with van der Waals surface area (Å²) in [5, 5.41) is 3.50. The fraction of sp³-hybridized carbons (Fsp3) is 0.529. The maximum Gasteiger partial charge on any atom is 0.408 e. The van der Waals surface area contributed by atoms with Crippen molar-refractivity contribution in [1.82, 2.24) is 10.7 Å². The third-order valence-corrected chi connectivity index (χ3v) is 3.98. The van der Waals surface area contributed by atoms with Gasteiger partial charge in [0, 0.05) is 5.02 Å². The van der Waals surface area contributed by atoms with Crippen LogP contribution in [-0.2, 0) is 9.53 Å². The number of benzene rings is 1. The molecule has 0 spiro atoms. The molecule has 0 saturated heterocycles. The van der Waals surface area contributed by atoms with Crippen molar-refractivity contribution < 1.29 is 14.3 Å². The number of nitrogens with one attached hydrogen (secondary N) is 3. The highest BCUT2D eigenvalue weighted by Gasteiger charge is 2.28. The summed E-state index contributed by atoms with van der Waals surface area (Å²) in [6, 6.07) is 4.08. The van der Waals surface area contributed by atoms with Crippen LogP contribution in [0.4, 0.5) is 10.5 Å². The summed E-state index contributed by atoms with van der Waals surface area (Å²) in [5.41, 5.74) is 5.09. The van der Waals surface area contributed by atoms with Gasteiger partial charge in [-0.05, 0) is 44.9 Å². The number of hydrazine groups is 1. The van der Waals surface area contributed by atoms with Crippen molar-refractivity contribution in [3.63, 3.8) is 0 Å². The van der Waals surface area contributed by atoms with Gasteiger partial charge < -0.3 is 10.1 Å². The summed E-state index contributed by atoms with van der Waals surface area (Å²) < 4.78 is 5.22. The first-order valence-electron chi connectivity index (χ1n) is 8.04. The Morgan fingerprint density at radius 2 is 1.88 bits per heavy atom. The molecule has 1 aromatic carbocycles. The molecule has 1 rings (SSSR count). The molecule has 0 aliphatic carbocycles. The van der Waals surface area contributed by atoms with Gasteiger partial charge in [0.2, 0.25) is 0 Å². The molecule has 0 bridgehead atoms. The van der Waals surface area contributed by atoms with Crippen LogP contribution in [-0.4, -0.2) is 23.6 Å². The zero-order valence-electron chi connectivity index (χ0n) is 15.1. The minimum Gasteiger partial charge on any atom is -0.444 e. The van der Waals surface area contributed by atoms with E-state index in [1.54, 1.807) is 39.0 Å². The lowest BCUT2D eigenvalue weighted by Gasteiger charge is -2.26. The Bertz CT molecular complexity index is 618. The monoisotopic (exact) mass is 389 g/mol. The van der Waals surface area contributed by atoms with Crippen molar-refractivity contribution in [2.24, 2.45) is 5.92 Å². The van der Waals surface area contributed by atoms with E-state index in [-0.39, 0.29) is 5.92 Å². The highest BCUT2D eigenvalue weighted by molar-refractivity contribution is 6.35. The molecule has 0 aliphatic rings. The topological polar surface area (TPSA) is 79.5 Å². The van der Waals surface area contributed by atoms with Crippen molar-refractivity contribution >= 4 is 40.9 Å². The molecule has 0 fully saturated rings. The maximum atomic E-state index is 12.5. The van der Waals surface area contributed by atoms with Gasteiger partial charge in [-0.15, -0.1) is 0 Å². The van der Waals surface area contributed by atoms with E-state index in [2.05, 4.69) is 16.2 Å². The van der Waals surface area contributed by atoms with Crippen LogP contribution < -0.4 is 16.2 Å². The number of carbonyl (C=O) groups is 2. The number of ether oxygens (including phenoxy) is 1. The molecular formula is C17H25Cl2N3O3. The molecule has 8 heteroatoms. The maximum absolute atomic E-state index is 12.5. The van der Waals surface area contributed by atoms with Crippen LogP contribution in [0.5, 0.6) is 0 Å². The van der Waals surface area contributed by atoms with Crippen molar-refractivity contribution in [2.75, 3.05) is 5.43 Å². The largest absolute Gasteiger partial charge is 0.444 e. The van der Waals surface area contributed by atoms with Gasteiger partial charge in [-0.2, -0.15) is 0 Å². The SMILES string of the molecule is CCC(C)C(NC(=O)OC(C)(C)C)C(=O)NNc1cc(Cl)ccc1Cl. The molecule has 140 valence electrons. The van der Waals surface area contributed by atoms with Gasteiger partial charge in [0.05, 0.1) is 10.7 Å². The molecule has 0 aromatic heterocycles. The average molecular weight is 390 g/mol. The van der Waals surface area contributed by atoms with Gasteiger partial charge in [0.1, 0.15) is 11.6 Å². The number of rotatable bonds is 6. The summed E-state index contributed by atoms with van der Waals surface area (Å²) in [7, 11) is 0. The van der Waals surface area contributed by atoms with E-state index in [1.165, 1.54) is 0 Å². The molecule has 0 aliphatic heterocycles. The van der Waals surface area contributed by atoms with Gasteiger partial charge >= 0.3 is 6.09 Å². The molecule has 25 heavy (non-hydrogen) atoms. The summed E-state index contributed by atoms with van der Waals surface area (Å²) in [4.78, 5) is 24.5. The van der Waals surface area contributed by atoms with Gasteiger partial charge in [0.15, 0.2) is 0 Å². The Morgan fingerprint density at radius 3 is 2.44 bits per heavy atom. The fourth-order valence-electron chi connectivity index (χ4n) is 1.94. The summed E-state index contributed by atoms with van der Waals surface area (Å²) in [6.45, 7) is 9.08. The minimum atomic E-state index is -0.759. The van der Waals surface area contributed by atoms with Crippen LogP contribution in [0.3, 0.4) is 0 Å². The standard InChI is InChI=1S/C17H25Cl2N3O3/c1-6-10(2)14(20-16(24)25-17(3,4)5)15(23)22-21-13-9-11(18)7-8-12(13)19/h7-10,14,21H,6H2,1-5H3,(H,20,24)(H,22,23). The summed E-state index contributed by atoms with van der Waals surface area (Å²) >= 11 is 12.0. The number of hydrogen-bond donors (Lipinski definition) is 3. The van der Waals surface area contributed by atoms with Gasteiger partial charge in [0.25, 0.3) is 5.91 Å². The van der Waals surface area contributed by atoms with Crippen molar-refractivity contribution in [3.8, 4) is 0 Å². The number of anilines is 1. The van der Waals surface area contributed by atoms with Crippen LogP contribution in [0.1, 0.15) is 41.0 Å². The lowest BCUT2D eigenvalue weighted by Crippen LogP contribution is -2.52. The fourth-order valence-corrected chi connectivity index (χ4v) is 2.27. The Hall–Kier alpha value is -1.66. The number of halogens is 2. The van der Waals surface area contributed by atoms with E-state index >= 15 is 0 Å². The molecule has 0 heterocycles. The Balaban J connectivity index is 2.76. The van der Waals surface area contributed by atoms with E-state index < -0.39 is 23.6 Å². The van der Waals surface area contributed by atoms with Gasteiger partial charge in [-0.1, -0.05) is 43.5 Å². The molecule has 1 aromatic rings. The zero-order valence-corrected chi connectivity index (χ0v) is 16.6. The first-order chi connectivity index (χ1) is 11.5. The predicted molar refractivity (Wildman–Crippen MR) is 101 cm³/mol. The Labute approximate surface area is 158 Å². The number of alkyl carbamates (subject to hydrolysis) is 1. The molecule has 0 radical (unpaired) electrons. The quantitative estimate of drug-likeness (QED) is 0.630. The van der Waals surface area contributed by atoms with Crippen LogP contribution >= 0.6 is 23.2 Å². The minimum absolute atomic E-state index is 0.0934. The number of amides is 2. The van der Waals surface area contributed by atoms with Crippen LogP contribution in [0, 0.1) is 5.92 Å². The number of carbonyl (C=O) groups excluding carboxylic acids is 2. The van der Waals surface area contributed by atoms with E-state index in [1.807, 2.05) is 13.8 Å². The van der Waals surface area contributed by atoms with E-state index in [9.17, 15) is 9.59 Å². The van der Waals surface area contributed by atoms with Gasteiger partial charge in [-0.25, -0.2) is 4.79 Å². The molecule has 2 unspecified atom stereocenters. The first-order valence-corrected chi connectivity index (χ1v) is 8.79. The lowest BCUT2D eigenvalue weighted by molar-refractivity contribution is -0.123. The summed E-state index contributed by atoms with van der Waals surface area (Å²) in [5.74, 6) is -0.500. The van der Waals surface area contributed by atoms with Gasteiger partial charge in [-0.3, -0.25) is 15.6 Å². The van der Waals surface area contributed by atoms with E-state index in [4.69, 9.17) is 27.9 Å². The van der Waals surface area contributed by atoms with Crippen LogP contribution in [0.15, 0.2) is 18.2 Å². The molecule has 2 amide bonds. The Morgan fingerprint density at radius 1 is 1.24 bits per heavy atom. The summed E-state index contributed by atoms with van der Waals surface area (Å²) in [6.07, 6.45) is 0.0555. The zero-order chi connectivity index (χ0) is 19.2. The van der Waals surface area contributed by atoms with E-state index in [0.717, 1.165) is 0 Å². The highest BCUT2D eigenvalue weighted by atomic mass is 35.5. The second-order valence-corrected chi connectivity index (χ2v) is 7.59. The normalized spacial score (nSPS) is 13.6. The van der Waals surface area contributed by atoms with Crippen molar-refractivity contribution in [1.29, 1.82) is 0 Å². The highest BCUT2D eigenvalue weighted by Crippen LogP contribution is 2.24. The van der Waals surface area contributed by atoms with Crippen LogP contribution in [0.25, 0.3) is 0 Å². The predicted octanol–water partition coefficient (Wildman–Crippen LogP) is 4.38. The van der Waals surface area contributed by atoms with Crippen LogP contribution in [0.2, 0.25) is 10.0 Å². The molecule has 3 N–H and O–H groups in total. The smallest absolute Gasteiger partial charge is 0.408 e. The lowest BCUT2D eigenvalue weighted by atomic mass is 9.99. The van der Waals surface area contributed by atoms with Crippen molar-refractivity contribution in [2.45, 2.75) is 52.7 Å². The molecule has 6 nitrogen and oxygen atoms in total. The second kappa shape index (κ2) is 9.15. The Kier molecular flexibility index (Phi) is 7.83.